The van der Waals surface area contributed by atoms with Crippen molar-refractivity contribution in [3.8, 4) is 5.75 Å². The van der Waals surface area contributed by atoms with Crippen molar-refractivity contribution >= 4 is 17.5 Å². The number of para-hydroxylation sites is 1. The molecule has 2 aromatic carbocycles. The van der Waals surface area contributed by atoms with Crippen LogP contribution >= 0.6 is 0 Å². The molecule has 0 radical (unpaired) electrons. The number of benzene rings is 2. The summed E-state index contributed by atoms with van der Waals surface area (Å²) in [6, 6.07) is 14.4. The molecule has 0 bridgehead atoms. The lowest BCUT2D eigenvalue weighted by molar-refractivity contribution is -0.124. The van der Waals surface area contributed by atoms with Crippen LogP contribution in [0.5, 0.6) is 5.75 Å². The van der Waals surface area contributed by atoms with Crippen molar-refractivity contribution < 1.29 is 14.3 Å². The number of nitrogens with one attached hydrogen (secondary N) is 2. The number of carbonyl (C=O) groups excluding carboxylic acids is 2. The van der Waals surface area contributed by atoms with Crippen molar-refractivity contribution in [1.82, 2.24) is 10.6 Å². The largest absolute Gasteiger partial charge is 0.493 e. The van der Waals surface area contributed by atoms with Gasteiger partial charge in [-0.05, 0) is 42.7 Å². The van der Waals surface area contributed by atoms with Crippen molar-refractivity contribution in [3.05, 3.63) is 59.7 Å². The normalized spacial score (nSPS) is 11.7. The molecule has 2 N–H and O–H groups in total. The molecule has 0 aliphatic rings. The zero-order chi connectivity index (χ0) is 21.4. The second-order valence-corrected chi connectivity index (χ2v) is 7.40. The van der Waals surface area contributed by atoms with Gasteiger partial charge in [0.2, 0.25) is 5.91 Å². The molecule has 0 aliphatic carbocycles. The number of amides is 2. The second kappa shape index (κ2) is 10.5. The number of hydrogen-bond donors (Lipinski definition) is 2. The first-order valence-electron chi connectivity index (χ1n) is 9.90. The molecule has 2 amide bonds. The van der Waals surface area contributed by atoms with Crippen LogP contribution in [0.2, 0.25) is 0 Å². The van der Waals surface area contributed by atoms with E-state index in [-0.39, 0.29) is 17.7 Å². The summed E-state index contributed by atoms with van der Waals surface area (Å²) in [5, 5.41) is 5.78. The summed E-state index contributed by atoms with van der Waals surface area (Å²) >= 11 is 0. The number of hydrogen-bond acceptors (Lipinski definition) is 4. The Morgan fingerprint density at radius 2 is 1.69 bits per heavy atom. The minimum absolute atomic E-state index is 0.0608. The van der Waals surface area contributed by atoms with Gasteiger partial charge in [0, 0.05) is 26.3 Å². The molecule has 0 aliphatic heterocycles. The maximum Gasteiger partial charge on any atom is 0.255 e. The second-order valence-electron chi connectivity index (χ2n) is 7.40. The highest BCUT2D eigenvalue weighted by atomic mass is 16.5. The molecule has 0 aromatic heterocycles. The molecular formula is C23H31N3O3. The molecule has 0 saturated carbocycles. The molecule has 0 saturated heterocycles. The standard InChI is InChI=1S/C23H31N3O3/c1-6-29-20-10-8-7-9-19(20)22(27)25-21(16(2)3)23(28)24-15-17-11-13-18(14-12-17)26(4)5/h7-14,16,21H,6,15H2,1-5H3,(H,24,28)(H,25,27)/t21-/m0/s1. The van der Waals surface area contributed by atoms with Crippen molar-refractivity contribution in [2.75, 3.05) is 25.6 Å². The zero-order valence-corrected chi connectivity index (χ0v) is 17.9. The first-order chi connectivity index (χ1) is 13.8. The van der Waals surface area contributed by atoms with E-state index in [1.54, 1.807) is 18.2 Å². The average molecular weight is 398 g/mol. The molecule has 1 atom stereocenters. The Bertz CT molecular complexity index is 816. The predicted octanol–water partition coefficient (Wildman–Crippen LogP) is 3.22. The van der Waals surface area contributed by atoms with Crippen molar-refractivity contribution in [2.45, 2.75) is 33.4 Å². The fraction of sp³-hybridized carbons (Fsp3) is 0.391. The lowest BCUT2D eigenvalue weighted by Gasteiger charge is -2.22. The predicted molar refractivity (Wildman–Crippen MR) is 116 cm³/mol. The van der Waals surface area contributed by atoms with E-state index in [9.17, 15) is 9.59 Å². The third kappa shape index (κ3) is 6.24. The smallest absolute Gasteiger partial charge is 0.255 e. The van der Waals surface area contributed by atoms with Crippen LogP contribution < -0.4 is 20.3 Å². The van der Waals surface area contributed by atoms with Gasteiger partial charge in [-0.3, -0.25) is 9.59 Å². The Morgan fingerprint density at radius 1 is 1.03 bits per heavy atom. The number of nitrogens with zero attached hydrogens (tertiary/aromatic N) is 1. The first-order valence-corrected chi connectivity index (χ1v) is 9.90. The minimum atomic E-state index is -0.641. The Morgan fingerprint density at radius 3 is 2.28 bits per heavy atom. The van der Waals surface area contributed by atoms with E-state index >= 15 is 0 Å². The molecule has 2 rings (SSSR count). The molecular weight excluding hydrogens is 366 g/mol. The molecule has 0 heterocycles. The van der Waals surface area contributed by atoms with E-state index in [1.165, 1.54) is 0 Å². The Kier molecular flexibility index (Phi) is 8.07. The van der Waals surface area contributed by atoms with Gasteiger partial charge < -0.3 is 20.3 Å². The summed E-state index contributed by atoms with van der Waals surface area (Å²) in [5.74, 6) is -0.0807. The fourth-order valence-electron chi connectivity index (χ4n) is 2.90. The van der Waals surface area contributed by atoms with Crippen molar-refractivity contribution in [1.29, 1.82) is 0 Å². The zero-order valence-electron chi connectivity index (χ0n) is 17.9. The maximum atomic E-state index is 12.8. The van der Waals surface area contributed by atoms with Crippen LogP contribution in [0, 0.1) is 5.92 Å². The van der Waals surface area contributed by atoms with Gasteiger partial charge in [-0.1, -0.05) is 38.1 Å². The summed E-state index contributed by atoms with van der Waals surface area (Å²) in [5.41, 5.74) is 2.52. The Hall–Kier alpha value is -3.02. The van der Waals surface area contributed by atoms with Crippen LogP contribution in [0.25, 0.3) is 0 Å². The van der Waals surface area contributed by atoms with Crippen LogP contribution in [0.15, 0.2) is 48.5 Å². The maximum absolute atomic E-state index is 12.8. The lowest BCUT2D eigenvalue weighted by atomic mass is 10.0. The molecule has 0 spiro atoms. The summed E-state index contributed by atoms with van der Waals surface area (Å²) in [6.07, 6.45) is 0. The Labute approximate surface area is 173 Å². The van der Waals surface area contributed by atoms with Crippen LogP contribution in [-0.2, 0) is 11.3 Å². The van der Waals surface area contributed by atoms with Crippen molar-refractivity contribution in [2.24, 2.45) is 5.92 Å². The van der Waals surface area contributed by atoms with Crippen LogP contribution in [0.4, 0.5) is 5.69 Å². The quantitative estimate of drug-likeness (QED) is 0.682. The van der Waals surface area contributed by atoms with Crippen LogP contribution in [0.3, 0.4) is 0 Å². The van der Waals surface area contributed by atoms with E-state index in [0.29, 0.717) is 24.5 Å². The van der Waals surface area contributed by atoms with Gasteiger partial charge in [-0.2, -0.15) is 0 Å². The number of rotatable bonds is 9. The number of carbonyl (C=O) groups is 2. The molecule has 2 aromatic rings. The molecule has 0 fully saturated rings. The summed E-state index contributed by atoms with van der Waals surface area (Å²) in [4.78, 5) is 27.5. The average Bonchev–Trinajstić information content (AvgIpc) is 2.70. The topological polar surface area (TPSA) is 70.7 Å². The third-order valence-corrected chi connectivity index (χ3v) is 4.59. The summed E-state index contributed by atoms with van der Waals surface area (Å²) in [7, 11) is 3.97. The highest BCUT2D eigenvalue weighted by molar-refractivity contribution is 5.99. The highest BCUT2D eigenvalue weighted by Crippen LogP contribution is 2.18. The Balaban J connectivity index is 2.03. The molecule has 6 heteroatoms. The summed E-state index contributed by atoms with van der Waals surface area (Å²) in [6.45, 7) is 6.55. The van der Waals surface area contributed by atoms with Gasteiger partial charge >= 0.3 is 0 Å². The highest BCUT2D eigenvalue weighted by Gasteiger charge is 2.25. The lowest BCUT2D eigenvalue weighted by Crippen LogP contribution is -2.49. The summed E-state index contributed by atoms with van der Waals surface area (Å²) < 4.78 is 5.53. The van der Waals surface area contributed by atoms with E-state index in [4.69, 9.17) is 4.74 Å². The van der Waals surface area contributed by atoms with Crippen LogP contribution in [0.1, 0.15) is 36.7 Å². The van der Waals surface area contributed by atoms with Gasteiger partial charge in [0.25, 0.3) is 5.91 Å². The van der Waals surface area contributed by atoms with Gasteiger partial charge in [-0.25, -0.2) is 0 Å². The van der Waals surface area contributed by atoms with Gasteiger partial charge in [0.15, 0.2) is 0 Å². The van der Waals surface area contributed by atoms with Gasteiger partial charge in [0.05, 0.1) is 12.2 Å². The minimum Gasteiger partial charge on any atom is -0.493 e. The molecule has 6 nitrogen and oxygen atoms in total. The van der Waals surface area contributed by atoms with Gasteiger partial charge in [-0.15, -0.1) is 0 Å². The van der Waals surface area contributed by atoms with E-state index < -0.39 is 6.04 Å². The number of ether oxygens (including phenoxy) is 1. The molecule has 0 unspecified atom stereocenters. The van der Waals surface area contributed by atoms with Crippen LogP contribution in [-0.4, -0.2) is 38.6 Å². The fourth-order valence-corrected chi connectivity index (χ4v) is 2.90. The van der Waals surface area contributed by atoms with E-state index in [1.807, 2.05) is 70.1 Å². The van der Waals surface area contributed by atoms with Crippen molar-refractivity contribution in [3.63, 3.8) is 0 Å². The first kappa shape index (κ1) is 22.3. The number of anilines is 1. The molecule has 156 valence electrons. The SMILES string of the molecule is CCOc1ccccc1C(=O)N[C@H](C(=O)NCc1ccc(N(C)C)cc1)C(C)C. The van der Waals surface area contributed by atoms with Gasteiger partial charge in [0.1, 0.15) is 11.8 Å². The van der Waals surface area contributed by atoms with E-state index in [0.717, 1.165) is 11.3 Å². The monoisotopic (exact) mass is 397 g/mol. The third-order valence-electron chi connectivity index (χ3n) is 4.59. The molecule has 29 heavy (non-hydrogen) atoms. The van der Waals surface area contributed by atoms with E-state index in [2.05, 4.69) is 10.6 Å².